The van der Waals surface area contributed by atoms with Gasteiger partial charge >= 0.3 is 0 Å². The maximum Gasteiger partial charge on any atom is 0.251 e. The summed E-state index contributed by atoms with van der Waals surface area (Å²) in [5.74, 6) is -0.366. The fourth-order valence-electron chi connectivity index (χ4n) is 3.35. The van der Waals surface area contributed by atoms with Crippen LogP contribution in [-0.4, -0.2) is 18.4 Å². The zero-order valence-electron chi connectivity index (χ0n) is 14.1. The Bertz CT molecular complexity index is 895. The van der Waals surface area contributed by atoms with Crippen molar-refractivity contribution < 1.29 is 14.0 Å². The van der Waals surface area contributed by atoms with Crippen LogP contribution in [0.25, 0.3) is 0 Å². The Labute approximate surface area is 155 Å². The SMILES string of the molecule is O=C(NCc1ccc(F)c(Cl)c1)c1cccc2c1CCN2C(=O)C1CC1. The van der Waals surface area contributed by atoms with Gasteiger partial charge in [0.1, 0.15) is 5.82 Å². The third-order valence-corrected chi connectivity index (χ3v) is 5.19. The van der Waals surface area contributed by atoms with Crippen LogP contribution < -0.4 is 10.2 Å². The van der Waals surface area contributed by atoms with Crippen LogP contribution in [0.5, 0.6) is 0 Å². The topological polar surface area (TPSA) is 49.4 Å². The van der Waals surface area contributed by atoms with Crippen molar-refractivity contribution in [2.24, 2.45) is 5.92 Å². The Kier molecular flexibility index (Phi) is 4.41. The molecule has 26 heavy (non-hydrogen) atoms. The molecule has 4 rings (SSSR count). The van der Waals surface area contributed by atoms with E-state index in [-0.39, 0.29) is 29.3 Å². The van der Waals surface area contributed by atoms with Crippen LogP contribution in [0.15, 0.2) is 36.4 Å². The fraction of sp³-hybridized carbons (Fsp3) is 0.300. The smallest absolute Gasteiger partial charge is 0.251 e. The number of nitrogens with zero attached hydrogens (tertiary/aromatic N) is 1. The summed E-state index contributed by atoms with van der Waals surface area (Å²) in [6.45, 7) is 0.885. The molecule has 2 aromatic carbocycles. The lowest BCUT2D eigenvalue weighted by molar-refractivity contribution is -0.119. The lowest BCUT2D eigenvalue weighted by Crippen LogP contribution is -2.30. The van der Waals surface area contributed by atoms with Crippen LogP contribution in [0.3, 0.4) is 0 Å². The predicted octanol–water partition coefficient (Wildman–Crippen LogP) is 3.71. The summed E-state index contributed by atoms with van der Waals surface area (Å²) < 4.78 is 13.2. The van der Waals surface area contributed by atoms with Gasteiger partial charge < -0.3 is 10.2 Å². The molecule has 134 valence electrons. The van der Waals surface area contributed by atoms with Gasteiger partial charge in [-0.15, -0.1) is 0 Å². The number of halogens is 2. The Morgan fingerprint density at radius 1 is 1.23 bits per heavy atom. The van der Waals surface area contributed by atoms with Gasteiger partial charge in [0.15, 0.2) is 0 Å². The summed E-state index contributed by atoms with van der Waals surface area (Å²) in [7, 11) is 0. The molecule has 0 bridgehead atoms. The van der Waals surface area contributed by atoms with E-state index in [1.807, 2.05) is 11.0 Å². The van der Waals surface area contributed by atoms with Crippen LogP contribution >= 0.6 is 11.6 Å². The normalized spacial score (nSPS) is 15.7. The molecule has 1 saturated carbocycles. The second kappa shape index (κ2) is 6.72. The minimum Gasteiger partial charge on any atom is -0.348 e. The van der Waals surface area contributed by atoms with Gasteiger partial charge in [0.2, 0.25) is 5.91 Å². The monoisotopic (exact) mass is 372 g/mol. The van der Waals surface area contributed by atoms with Crippen molar-refractivity contribution in [1.82, 2.24) is 5.32 Å². The van der Waals surface area contributed by atoms with Crippen LogP contribution in [0, 0.1) is 11.7 Å². The largest absolute Gasteiger partial charge is 0.348 e. The molecule has 1 aliphatic carbocycles. The molecular formula is C20H18ClFN2O2. The molecule has 0 unspecified atom stereocenters. The summed E-state index contributed by atoms with van der Waals surface area (Å²) in [4.78, 5) is 26.8. The third kappa shape index (κ3) is 3.19. The quantitative estimate of drug-likeness (QED) is 0.889. The van der Waals surface area contributed by atoms with E-state index in [1.165, 1.54) is 12.1 Å². The number of rotatable bonds is 4. The second-order valence-corrected chi connectivity index (χ2v) is 7.16. The highest BCUT2D eigenvalue weighted by molar-refractivity contribution is 6.30. The van der Waals surface area contributed by atoms with Crippen LogP contribution in [0.2, 0.25) is 5.02 Å². The van der Waals surface area contributed by atoms with Crippen molar-refractivity contribution >= 4 is 29.1 Å². The van der Waals surface area contributed by atoms with Crippen LogP contribution in [0.4, 0.5) is 10.1 Å². The number of hydrogen-bond acceptors (Lipinski definition) is 2. The highest BCUT2D eigenvalue weighted by atomic mass is 35.5. The zero-order chi connectivity index (χ0) is 18.3. The minimum absolute atomic E-state index is 0.0339. The van der Waals surface area contributed by atoms with Crippen molar-refractivity contribution in [3.8, 4) is 0 Å². The standard InChI is InChI=1S/C20H18ClFN2O2/c21-16-10-12(4-7-17(16)22)11-23-19(25)15-2-1-3-18-14(15)8-9-24(18)20(26)13-5-6-13/h1-4,7,10,13H,5-6,8-9,11H2,(H,23,25). The van der Waals surface area contributed by atoms with Gasteiger partial charge in [-0.1, -0.05) is 23.7 Å². The summed E-state index contributed by atoms with van der Waals surface area (Å²) in [6.07, 6.45) is 2.61. The van der Waals surface area contributed by atoms with E-state index in [1.54, 1.807) is 18.2 Å². The van der Waals surface area contributed by atoms with E-state index < -0.39 is 5.82 Å². The molecule has 1 N–H and O–H groups in total. The predicted molar refractivity (Wildman–Crippen MR) is 97.8 cm³/mol. The minimum atomic E-state index is -0.483. The Hall–Kier alpha value is -2.40. The van der Waals surface area contributed by atoms with Gasteiger partial charge in [-0.3, -0.25) is 9.59 Å². The fourth-order valence-corrected chi connectivity index (χ4v) is 3.56. The molecule has 1 heterocycles. The molecule has 1 fully saturated rings. The van der Waals surface area contributed by atoms with Crippen molar-refractivity contribution in [3.05, 3.63) is 63.9 Å². The average molecular weight is 373 g/mol. The first-order chi connectivity index (χ1) is 12.5. The molecule has 2 amide bonds. The van der Waals surface area contributed by atoms with Gasteiger partial charge in [-0.25, -0.2) is 4.39 Å². The number of hydrogen-bond donors (Lipinski definition) is 1. The van der Waals surface area contributed by atoms with Crippen molar-refractivity contribution in [3.63, 3.8) is 0 Å². The molecular weight excluding hydrogens is 355 g/mol. The molecule has 4 nitrogen and oxygen atoms in total. The average Bonchev–Trinajstić information content (AvgIpc) is 3.40. The van der Waals surface area contributed by atoms with E-state index >= 15 is 0 Å². The summed E-state index contributed by atoms with van der Waals surface area (Å²) in [5.41, 5.74) is 3.07. The lowest BCUT2D eigenvalue weighted by Gasteiger charge is -2.17. The molecule has 6 heteroatoms. The van der Waals surface area contributed by atoms with Gasteiger partial charge in [0.05, 0.1) is 5.02 Å². The molecule has 0 aromatic heterocycles. The molecule has 0 atom stereocenters. The number of amides is 2. The Balaban J connectivity index is 1.50. The number of carbonyl (C=O) groups is 2. The molecule has 0 spiro atoms. The lowest BCUT2D eigenvalue weighted by atomic mass is 10.0. The summed E-state index contributed by atoms with van der Waals surface area (Å²) in [5, 5.41) is 2.88. The molecule has 0 radical (unpaired) electrons. The van der Waals surface area contributed by atoms with Gasteiger partial charge in [0.25, 0.3) is 5.91 Å². The van der Waals surface area contributed by atoms with E-state index in [2.05, 4.69) is 5.32 Å². The second-order valence-electron chi connectivity index (χ2n) is 6.75. The summed E-state index contributed by atoms with van der Waals surface area (Å²) >= 11 is 5.77. The first-order valence-electron chi connectivity index (χ1n) is 8.70. The van der Waals surface area contributed by atoms with E-state index in [0.29, 0.717) is 18.5 Å². The zero-order valence-corrected chi connectivity index (χ0v) is 14.9. The van der Waals surface area contributed by atoms with Crippen LogP contribution in [0.1, 0.15) is 34.3 Å². The Morgan fingerprint density at radius 2 is 2.04 bits per heavy atom. The third-order valence-electron chi connectivity index (χ3n) is 4.90. The maximum absolute atomic E-state index is 13.2. The highest BCUT2D eigenvalue weighted by Gasteiger charge is 2.37. The maximum atomic E-state index is 13.2. The molecule has 2 aliphatic rings. The first-order valence-corrected chi connectivity index (χ1v) is 9.08. The van der Waals surface area contributed by atoms with Crippen LogP contribution in [-0.2, 0) is 17.8 Å². The number of nitrogens with one attached hydrogen (secondary N) is 1. The van der Waals surface area contributed by atoms with E-state index in [4.69, 9.17) is 11.6 Å². The van der Waals surface area contributed by atoms with Crippen molar-refractivity contribution in [2.75, 3.05) is 11.4 Å². The number of anilines is 1. The van der Waals surface area contributed by atoms with Gasteiger partial charge in [-0.2, -0.15) is 0 Å². The first kappa shape index (κ1) is 17.0. The van der Waals surface area contributed by atoms with Gasteiger partial charge in [0, 0.05) is 30.3 Å². The molecule has 0 saturated heterocycles. The number of carbonyl (C=O) groups excluding carboxylic acids is 2. The van der Waals surface area contributed by atoms with Gasteiger partial charge in [-0.05, 0) is 54.7 Å². The highest BCUT2D eigenvalue weighted by Crippen LogP contribution is 2.37. The number of fused-ring (bicyclic) bond motifs is 1. The van der Waals surface area contributed by atoms with Crippen molar-refractivity contribution in [1.29, 1.82) is 0 Å². The van der Waals surface area contributed by atoms with E-state index in [0.717, 1.165) is 29.7 Å². The molecule has 1 aliphatic heterocycles. The van der Waals surface area contributed by atoms with Crippen molar-refractivity contribution in [2.45, 2.75) is 25.8 Å². The molecule has 2 aromatic rings. The van der Waals surface area contributed by atoms with E-state index in [9.17, 15) is 14.0 Å². The summed E-state index contributed by atoms with van der Waals surface area (Å²) in [6, 6.07) is 9.86. The Morgan fingerprint density at radius 3 is 2.77 bits per heavy atom. The number of benzene rings is 2.